The molecule has 0 aliphatic rings. The third-order valence-electron chi connectivity index (χ3n) is 3.74. The maximum atomic E-state index is 13.0. The van der Waals surface area contributed by atoms with Crippen LogP contribution in [-0.2, 0) is 4.79 Å². The van der Waals surface area contributed by atoms with Crippen molar-refractivity contribution in [2.24, 2.45) is 0 Å². The minimum absolute atomic E-state index is 0.208. The van der Waals surface area contributed by atoms with Crippen molar-refractivity contribution in [2.75, 3.05) is 12.4 Å². The molecule has 0 saturated heterocycles. The molecule has 0 bridgehead atoms. The lowest BCUT2D eigenvalue weighted by Crippen LogP contribution is -2.30. The third-order valence-corrected chi connectivity index (χ3v) is 3.74. The first-order valence-electron chi connectivity index (χ1n) is 7.50. The molecule has 1 heterocycles. The van der Waals surface area contributed by atoms with E-state index in [1.54, 1.807) is 31.6 Å². The van der Waals surface area contributed by atoms with E-state index in [9.17, 15) is 9.18 Å². The van der Waals surface area contributed by atoms with E-state index >= 15 is 0 Å². The molecule has 0 saturated carbocycles. The van der Waals surface area contributed by atoms with Gasteiger partial charge in [0.1, 0.15) is 11.9 Å². The Kier molecular flexibility index (Phi) is 4.67. The van der Waals surface area contributed by atoms with Gasteiger partial charge in [0.2, 0.25) is 5.91 Å². The lowest BCUT2D eigenvalue weighted by molar-refractivity contribution is -0.118. The van der Waals surface area contributed by atoms with Gasteiger partial charge in [-0.1, -0.05) is 24.3 Å². The minimum atomic E-state index is -0.556. The van der Waals surface area contributed by atoms with E-state index in [2.05, 4.69) is 20.8 Å². The Morgan fingerprint density at radius 2 is 1.79 bits per heavy atom. The molecule has 1 atom stereocenters. The average Bonchev–Trinajstić information content (AvgIpc) is 3.12. The Morgan fingerprint density at radius 1 is 1.08 bits per heavy atom. The van der Waals surface area contributed by atoms with Crippen molar-refractivity contribution in [1.29, 1.82) is 0 Å². The molecule has 1 amide bonds. The summed E-state index contributed by atoms with van der Waals surface area (Å²) in [5.74, 6) is -0.538. The largest absolute Gasteiger partial charge is 0.324 e. The number of H-pyrrole nitrogens is 1. The van der Waals surface area contributed by atoms with Crippen molar-refractivity contribution in [2.45, 2.75) is 6.04 Å². The minimum Gasteiger partial charge on any atom is -0.324 e. The number of aromatic amines is 1. The fraction of sp³-hybridized carbons (Fsp3) is 0.111. The highest BCUT2D eigenvalue weighted by molar-refractivity contribution is 5.95. The molecule has 0 aliphatic heterocycles. The molecule has 5 nitrogen and oxygen atoms in total. The van der Waals surface area contributed by atoms with Crippen molar-refractivity contribution >= 4 is 11.6 Å². The fourth-order valence-electron chi connectivity index (χ4n) is 2.47. The van der Waals surface area contributed by atoms with Crippen LogP contribution in [0.2, 0.25) is 0 Å². The summed E-state index contributed by atoms with van der Waals surface area (Å²) in [6, 6.07) is 12.8. The number of amides is 1. The van der Waals surface area contributed by atoms with Crippen LogP contribution in [0.3, 0.4) is 0 Å². The van der Waals surface area contributed by atoms with Crippen LogP contribution in [0.15, 0.2) is 60.9 Å². The van der Waals surface area contributed by atoms with Crippen LogP contribution in [0.25, 0.3) is 11.1 Å². The first kappa shape index (κ1) is 15.9. The van der Waals surface area contributed by atoms with Gasteiger partial charge in [0, 0.05) is 17.4 Å². The molecule has 3 aromatic rings. The Balaban J connectivity index is 1.72. The molecule has 122 valence electrons. The van der Waals surface area contributed by atoms with Gasteiger partial charge in [-0.25, -0.2) is 4.39 Å². The van der Waals surface area contributed by atoms with Gasteiger partial charge >= 0.3 is 0 Å². The number of likely N-dealkylation sites (N-methyl/N-ethyl adjacent to an activating group) is 1. The lowest BCUT2D eigenvalue weighted by Gasteiger charge is -2.16. The zero-order valence-corrected chi connectivity index (χ0v) is 13.1. The Morgan fingerprint density at radius 3 is 2.38 bits per heavy atom. The highest BCUT2D eigenvalue weighted by Crippen LogP contribution is 2.21. The van der Waals surface area contributed by atoms with Crippen molar-refractivity contribution in [3.63, 3.8) is 0 Å². The molecule has 2 aromatic carbocycles. The summed E-state index contributed by atoms with van der Waals surface area (Å²) in [6.07, 6.45) is 3.54. The quantitative estimate of drug-likeness (QED) is 0.675. The van der Waals surface area contributed by atoms with E-state index in [0.29, 0.717) is 11.3 Å². The Bertz CT molecular complexity index is 798. The molecule has 3 N–H and O–H groups in total. The van der Waals surface area contributed by atoms with Gasteiger partial charge in [-0.2, -0.15) is 5.10 Å². The zero-order chi connectivity index (χ0) is 16.9. The van der Waals surface area contributed by atoms with Crippen LogP contribution in [-0.4, -0.2) is 23.2 Å². The van der Waals surface area contributed by atoms with E-state index in [1.807, 2.05) is 24.3 Å². The van der Waals surface area contributed by atoms with Crippen molar-refractivity contribution in [3.8, 4) is 11.1 Å². The van der Waals surface area contributed by atoms with Crippen molar-refractivity contribution in [3.05, 3.63) is 72.3 Å². The summed E-state index contributed by atoms with van der Waals surface area (Å²) in [7, 11) is 1.69. The lowest BCUT2D eigenvalue weighted by atomic mass is 10.1. The van der Waals surface area contributed by atoms with E-state index in [1.165, 1.54) is 12.1 Å². The Hall–Kier alpha value is -2.99. The number of nitrogens with one attached hydrogen (secondary N) is 3. The Labute approximate surface area is 138 Å². The number of hydrogen-bond donors (Lipinski definition) is 3. The molecule has 1 aromatic heterocycles. The highest BCUT2D eigenvalue weighted by atomic mass is 19.1. The number of rotatable bonds is 5. The van der Waals surface area contributed by atoms with Gasteiger partial charge in [0.05, 0.1) is 6.20 Å². The predicted octanol–water partition coefficient (Wildman–Crippen LogP) is 3.12. The number of halogens is 1. The molecular weight excluding hydrogens is 307 g/mol. The van der Waals surface area contributed by atoms with Crippen LogP contribution in [0, 0.1) is 5.82 Å². The molecule has 0 radical (unpaired) electrons. The summed E-state index contributed by atoms with van der Waals surface area (Å²) < 4.78 is 13.0. The summed E-state index contributed by atoms with van der Waals surface area (Å²) in [4.78, 5) is 12.5. The number of hydrogen-bond acceptors (Lipinski definition) is 3. The van der Waals surface area contributed by atoms with Crippen LogP contribution in [0.5, 0.6) is 0 Å². The number of carbonyl (C=O) groups is 1. The second-order valence-electron chi connectivity index (χ2n) is 5.33. The SMILES string of the molecule is CNC(C(=O)Nc1ccc(-c2cn[nH]c2)cc1)c1ccc(F)cc1. The van der Waals surface area contributed by atoms with Gasteiger partial charge in [0.25, 0.3) is 0 Å². The second-order valence-corrected chi connectivity index (χ2v) is 5.33. The normalized spacial score (nSPS) is 11.9. The van der Waals surface area contributed by atoms with Gasteiger partial charge in [-0.3, -0.25) is 9.89 Å². The van der Waals surface area contributed by atoms with Crippen LogP contribution >= 0.6 is 0 Å². The van der Waals surface area contributed by atoms with Crippen LogP contribution in [0.4, 0.5) is 10.1 Å². The third kappa shape index (κ3) is 3.49. The van der Waals surface area contributed by atoms with Crippen molar-refractivity contribution < 1.29 is 9.18 Å². The topological polar surface area (TPSA) is 69.8 Å². The second kappa shape index (κ2) is 7.06. The van der Waals surface area contributed by atoms with E-state index in [4.69, 9.17) is 0 Å². The standard InChI is InChI=1S/C18H17FN4O/c1-20-17(13-2-6-15(19)7-3-13)18(24)23-16-8-4-12(5-9-16)14-10-21-22-11-14/h2-11,17,20H,1H3,(H,21,22)(H,23,24). The zero-order valence-electron chi connectivity index (χ0n) is 13.1. The van der Waals surface area contributed by atoms with Crippen LogP contribution < -0.4 is 10.6 Å². The first-order chi connectivity index (χ1) is 11.7. The highest BCUT2D eigenvalue weighted by Gasteiger charge is 2.18. The van der Waals surface area contributed by atoms with E-state index in [0.717, 1.165) is 11.1 Å². The summed E-state index contributed by atoms with van der Waals surface area (Å²) in [5.41, 5.74) is 3.37. The number of anilines is 1. The maximum absolute atomic E-state index is 13.0. The number of carbonyl (C=O) groups excluding carboxylic acids is 1. The molecule has 24 heavy (non-hydrogen) atoms. The van der Waals surface area contributed by atoms with Gasteiger partial charge in [-0.05, 0) is 42.4 Å². The predicted molar refractivity (Wildman–Crippen MR) is 90.9 cm³/mol. The van der Waals surface area contributed by atoms with Gasteiger partial charge in [0.15, 0.2) is 0 Å². The summed E-state index contributed by atoms with van der Waals surface area (Å²) >= 11 is 0. The molecule has 0 fully saturated rings. The van der Waals surface area contributed by atoms with Gasteiger partial charge in [-0.15, -0.1) is 0 Å². The number of nitrogens with zero attached hydrogens (tertiary/aromatic N) is 1. The molecule has 3 rings (SSSR count). The van der Waals surface area contributed by atoms with E-state index in [-0.39, 0.29) is 11.7 Å². The number of benzene rings is 2. The summed E-state index contributed by atoms with van der Waals surface area (Å²) in [6.45, 7) is 0. The van der Waals surface area contributed by atoms with Crippen LogP contribution in [0.1, 0.15) is 11.6 Å². The molecule has 0 aliphatic carbocycles. The molecule has 0 spiro atoms. The number of aromatic nitrogens is 2. The molecule has 1 unspecified atom stereocenters. The molecule has 6 heteroatoms. The fourth-order valence-corrected chi connectivity index (χ4v) is 2.47. The first-order valence-corrected chi connectivity index (χ1v) is 7.50. The van der Waals surface area contributed by atoms with Crippen molar-refractivity contribution in [1.82, 2.24) is 15.5 Å². The van der Waals surface area contributed by atoms with E-state index < -0.39 is 6.04 Å². The average molecular weight is 324 g/mol. The molecular formula is C18H17FN4O. The monoisotopic (exact) mass is 324 g/mol. The smallest absolute Gasteiger partial charge is 0.246 e. The van der Waals surface area contributed by atoms with Gasteiger partial charge < -0.3 is 10.6 Å². The summed E-state index contributed by atoms with van der Waals surface area (Å²) in [5, 5.41) is 12.5. The maximum Gasteiger partial charge on any atom is 0.246 e.